The van der Waals surface area contributed by atoms with Crippen LogP contribution in [0.2, 0.25) is 0 Å². The molecule has 0 aliphatic rings. The van der Waals surface area contributed by atoms with Crippen LogP contribution in [0.15, 0.2) is 66.9 Å². The van der Waals surface area contributed by atoms with Gasteiger partial charge in [0.05, 0.1) is 11.6 Å². The number of aromatic nitrogens is 1. The van der Waals surface area contributed by atoms with Crippen LogP contribution < -0.4 is 10.6 Å². The fraction of sp³-hybridized carbons (Fsp3) is 0.0909. The summed E-state index contributed by atoms with van der Waals surface area (Å²) in [6.45, 7) is 2.37. The third kappa shape index (κ3) is 4.80. The molecule has 28 heavy (non-hydrogen) atoms. The monoisotopic (exact) mass is 370 g/mol. The minimum Gasteiger partial charge on any atom is -0.347 e. The molecule has 0 aliphatic carbocycles. The van der Waals surface area contributed by atoms with Gasteiger partial charge in [0.2, 0.25) is 0 Å². The van der Waals surface area contributed by atoms with Gasteiger partial charge in [0.25, 0.3) is 11.8 Å². The number of carbonyl (C=O) groups excluding carboxylic acids is 2. The van der Waals surface area contributed by atoms with Crippen LogP contribution in [0.25, 0.3) is 0 Å². The van der Waals surface area contributed by atoms with Crippen molar-refractivity contribution in [1.29, 1.82) is 5.26 Å². The van der Waals surface area contributed by atoms with E-state index in [9.17, 15) is 9.59 Å². The van der Waals surface area contributed by atoms with Gasteiger partial charge in [-0.3, -0.25) is 14.6 Å². The lowest BCUT2D eigenvalue weighted by Crippen LogP contribution is -2.24. The SMILES string of the molecule is Cc1cccc(CNC(=O)c2cc(C(=O)Nc3ccc(C#N)cc3)ccn2)c1. The second-order valence-corrected chi connectivity index (χ2v) is 6.24. The standard InChI is InChI=1S/C22H18N4O2/c1-15-3-2-4-17(11-15)14-25-22(28)20-12-18(9-10-24-20)21(27)26-19-7-5-16(13-23)6-8-19/h2-12H,14H2,1H3,(H,25,28)(H,26,27). The molecule has 138 valence electrons. The van der Waals surface area contributed by atoms with E-state index in [2.05, 4.69) is 15.6 Å². The molecule has 2 aromatic carbocycles. The average molecular weight is 370 g/mol. The summed E-state index contributed by atoms with van der Waals surface area (Å²) in [5.74, 6) is -0.714. The van der Waals surface area contributed by atoms with Gasteiger partial charge in [-0.05, 0) is 48.9 Å². The predicted octanol–water partition coefficient (Wildman–Crippen LogP) is 3.44. The van der Waals surface area contributed by atoms with E-state index in [1.807, 2.05) is 37.3 Å². The number of anilines is 1. The van der Waals surface area contributed by atoms with Crippen LogP contribution in [0.3, 0.4) is 0 Å². The van der Waals surface area contributed by atoms with E-state index in [4.69, 9.17) is 5.26 Å². The van der Waals surface area contributed by atoms with Gasteiger partial charge in [-0.25, -0.2) is 0 Å². The lowest BCUT2D eigenvalue weighted by Gasteiger charge is -2.08. The van der Waals surface area contributed by atoms with Gasteiger partial charge >= 0.3 is 0 Å². The van der Waals surface area contributed by atoms with Crippen LogP contribution >= 0.6 is 0 Å². The van der Waals surface area contributed by atoms with Gasteiger partial charge in [0, 0.05) is 24.0 Å². The Balaban J connectivity index is 1.66. The quantitative estimate of drug-likeness (QED) is 0.719. The van der Waals surface area contributed by atoms with Gasteiger partial charge in [0.1, 0.15) is 5.69 Å². The van der Waals surface area contributed by atoms with Gasteiger partial charge in [-0.2, -0.15) is 5.26 Å². The van der Waals surface area contributed by atoms with E-state index in [1.54, 1.807) is 24.3 Å². The highest BCUT2D eigenvalue weighted by Crippen LogP contribution is 2.12. The van der Waals surface area contributed by atoms with Crippen LogP contribution in [0, 0.1) is 18.3 Å². The van der Waals surface area contributed by atoms with E-state index < -0.39 is 0 Å². The molecule has 2 N–H and O–H groups in total. The maximum atomic E-state index is 12.4. The largest absolute Gasteiger partial charge is 0.347 e. The maximum absolute atomic E-state index is 12.4. The lowest BCUT2D eigenvalue weighted by molar-refractivity contribution is 0.0946. The Morgan fingerprint density at radius 1 is 1.04 bits per heavy atom. The van der Waals surface area contributed by atoms with Crippen molar-refractivity contribution in [2.45, 2.75) is 13.5 Å². The lowest BCUT2D eigenvalue weighted by atomic mass is 10.1. The molecular formula is C22H18N4O2. The first-order valence-electron chi connectivity index (χ1n) is 8.66. The fourth-order valence-corrected chi connectivity index (χ4v) is 2.62. The van der Waals surface area contributed by atoms with E-state index in [1.165, 1.54) is 18.3 Å². The second-order valence-electron chi connectivity index (χ2n) is 6.24. The topological polar surface area (TPSA) is 94.9 Å². The summed E-state index contributed by atoms with van der Waals surface area (Å²) in [6.07, 6.45) is 1.43. The highest BCUT2D eigenvalue weighted by atomic mass is 16.2. The molecule has 0 spiro atoms. The zero-order valence-electron chi connectivity index (χ0n) is 15.3. The van der Waals surface area contributed by atoms with Crippen LogP contribution in [-0.2, 0) is 6.54 Å². The van der Waals surface area contributed by atoms with Crippen LogP contribution in [0.1, 0.15) is 37.5 Å². The molecule has 3 aromatic rings. The molecule has 1 aromatic heterocycles. The van der Waals surface area contributed by atoms with Gasteiger partial charge in [-0.1, -0.05) is 29.8 Å². The number of nitrogens with one attached hydrogen (secondary N) is 2. The molecule has 0 atom stereocenters. The van der Waals surface area contributed by atoms with Crippen molar-refractivity contribution in [1.82, 2.24) is 10.3 Å². The summed E-state index contributed by atoms with van der Waals surface area (Å²) in [5.41, 5.74) is 3.66. The number of carbonyl (C=O) groups is 2. The third-order valence-electron chi connectivity index (χ3n) is 4.06. The van der Waals surface area contributed by atoms with Gasteiger partial charge in [-0.15, -0.1) is 0 Å². The summed E-state index contributed by atoms with van der Waals surface area (Å²) in [4.78, 5) is 28.8. The van der Waals surface area contributed by atoms with E-state index in [0.717, 1.165) is 11.1 Å². The first kappa shape index (κ1) is 18.8. The molecule has 1 heterocycles. The number of hydrogen-bond donors (Lipinski definition) is 2. The summed E-state index contributed by atoms with van der Waals surface area (Å²) in [7, 11) is 0. The van der Waals surface area contributed by atoms with Crippen molar-refractivity contribution >= 4 is 17.5 Å². The summed E-state index contributed by atoms with van der Waals surface area (Å²) >= 11 is 0. The zero-order chi connectivity index (χ0) is 19.9. The van der Waals surface area contributed by atoms with Gasteiger partial charge in [0.15, 0.2) is 0 Å². The summed E-state index contributed by atoms with van der Waals surface area (Å²) in [5, 5.41) is 14.4. The molecule has 0 unspecified atom stereocenters. The Morgan fingerprint density at radius 3 is 2.54 bits per heavy atom. The number of nitriles is 1. The van der Waals surface area contributed by atoms with E-state index >= 15 is 0 Å². The molecule has 6 heteroatoms. The van der Waals surface area contributed by atoms with Crippen molar-refractivity contribution in [3.63, 3.8) is 0 Å². The molecule has 0 bridgehead atoms. The van der Waals surface area contributed by atoms with Crippen molar-refractivity contribution in [2.75, 3.05) is 5.32 Å². The highest BCUT2D eigenvalue weighted by molar-refractivity contribution is 6.05. The number of hydrogen-bond acceptors (Lipinski definition) is 4. The van der Waals surface area contributed by atoms with Crippen molar-refractivity contribution in [2.24, 2.45) is 0 Å². The first-order chi connectivity index (χ1) is 13.5. The molecular weight excluding hydrogens is 352 g/mol. The Morgan fingerprint density at radius 2 is 1.82 bits per heavy atom. The predicted molar refractivity (Wildman–Crippen MR) is 106 cm³/mol. The Kier molecular flexibility index (Phi) is 5.78. The number of benzene rings is 2. The molecule has 6 nitrogen and oxygen atoms in total. The summed E-state index contributed by atoms with van der Waals surface area (Å²) in [6, 6.07) is 19.4. The van der Waals surface area contributed by atoms with Crippen LogP contribution in [0.4, 0.5) is 5.69 Å². The number of aryl methyl sites for hydroxylation is 1. The summed E-state index contributed by atoms with van der Waals surface area (Å²) < 4.78 is 0. The first-order valence-corrected chi connectivity index (χ1v) is 8.66. The highest BCUT2D eigenvalue weighted by Gasteiger charge is 2.12. The molecule has 0 fully saturated rings. The molecule has 0 saturated carbocycles. The minimum atomic E-state index is -0.361. The second kappa shape index (κ2) is 8.60. The number of pyridine rings is 1. The van der Waals surface area contributed by atoms with E-state index in [-0.39, 0.29) is 17.5 Å². The molecule has 0 saturated heterocycles. The maximum Gasteiger partial charge on any atom is 0.270 e. The Bertz CT molecular complexity index is 1050. The van der Waals surface area contributed by atoms with Crippen LogP contribution in [-0.4, -0.2) is 16.8 Å². The zero-order valence-corrected chi connectivity index (χ0v) is 15.3. The Labute approximate surface area is 162 Å². The molecule has 2 amide bonds. The van der Waals surface area contributed by atoms with Crippen molar-refractivity contribution < 1.29 is 9.59 Å². The molecule has 0 aliphatic heterocycles. The normalized spacial score (nSPS) is 10.0. The average Bonchev–Trinajstić information content (AvgIpc) is 2.72. The van der Waals surface area contributed by atoms with Crippen LogP contribution in [0.5, 0.6) is 0 Å². The van der Waals surface area contributed by atoms with E-state index in [0.29, 0.717) is 23.4 Å². The number of amides is 2. The minimum absolute atomic E-state index is 0.167. The fourth-order valence-electron chi connectivity index (χ4n) is 2.62. The molecule has 0 radical (unpaired) electrons. The number of nitrogens with zero attached hydrogens (tertiary/aromatic N) is 2. The Hall–Kier alpha value is -3.98. The van der Waals surface area contributed by atoms with Crippen molar-refractivity contribution in [3.05, 3.63) is 94.8 Å². The number of rotatable bonds is 5. The van der Waals surface area contributed by atoms with Gasteiger partial charge < -0.3 is 10.6 Å². The molecule has 3 rings (SSSR count). The smallest absolute Gasteiger partial charge is 0.270 e. The third-order valence-corrected chi connectivity index (χ3v) is 4.06. The van der Waals surface area contributed by atoms with Crippen molar-refractivity contribution in [3.8, 4) is 6.07 Å².